The summed E-state index contributed by atoms with van der Waals surface area (Å²) in [4.78, 5) is 12.3. The third-order valence-corrected chi connectivity index (χ3v) is 5.45. The number of amides is 1. The van der Waals surface area contributed by atoms with Crippen molar-refractivity contribution in [3.63, 3.8) is 0 Å². The van der Waals surface area contributed by atoms with Gasteiger partial charge in [0.25, 0.3) is 5.91 Å². The third-order valence-electron chi connectivity index (χ3n) is 4.50. The molecule has 106 valence electrons. The van der Waals surface area contributed by atoms with Crippen LogP contribution < -0.4 is 5.32 Å². The molecular formula is C14H22BrN3O. The van der Waals surface area contributed by atoms with E-state index in [-0.39, 0.29) is 11.9 Å². The largest absolute Gasteiger partial charge is 0.348 e. The predicted molar refractivity (Wildman–Crippen MR) is 79.1 cm³/mol. The normalized spacial score (nSPS) is 27.3. The Hall–Kier alpha value is -0.840. The first kappa shape index (κ1) is 14.6. The highest BCUT2D eigenvalue weighted by Crippen LogP contribution is 2.30. The van der Waals surface area contributed by atoms with E-state index >= 15 is 0 Å². The number of nitrogens with one attached hydrogen (secondary N) is 1. The van der Waals surface area contributed by atoms with Crippen LogP contribution >= 0.6 is 15.9 Å². The number of carbonyl (C=O) groups excluding carboxylic acids is 1. The molecule has 4 nitrogen and oxygen atoms in total. The molecular weight excluding hydrogens is 306 g/mol. The maximum atomic E-state index is 12.3. The standard InChI is InChI=1S/C14H22BrN3O/c1-8-6-5-7-11(9(8)2)16-14(19)13-12(15)10(3)18(4)17-13/h8-9,11H,5-7H2,1-4H3,(H,16,19)/t8-,9-,11-/m0/s1. The number of carbonyl (C=O) groups is 1. The Labute approximate surface area is 123 Å². The van der Waals surface area contributed by atoms with Gasteiger partial charge in [-0.1, -0.05) is 26.7 Å². The van der Waals surface area contributed by atoms with Crippen molar-refractivity contribution in [3.05, 3.63) is 15.9 Å². The van der Waals surface area contributed by atoms with Crippen LogP contribution in [-0.2, 0) is 7.05 Å². The van der Waals surface area contributed by atoms with Gasteiger partial charge < -0.3 is 5.32 Å². The Balaban J connectivity index is 2.10. The lowest BCUT2D eigenvalue weighted by atomic mass is 9.78. The van der Waals surface area contributed by atoms with E-state index in [0.717, 1.165) is 16.6 Å². The van der Waals surface area contributed by atoms with E-state index in [1.807, 2.05) is 14.0 Å². The van der Waals surface area contributed by atoms with Gasteiger partial charge >= 0.3 is 0 Å². The molecule has 1 aliphatic carbocycles. The second kappa shape index (κ2) is 5.65. The van der Waals surface area contributed by atoms with Crippen molar-refractivity contribution in [1.29, 1.82) is 0 Å². The van der Waals surface area contributed by atoms with Crippen molar-refractivity contribution in [3.8, 4) is 0 Å². The van der Waals surface area contributed by atoms with E-state index in [2.05, 4.69) is 40.2 Å². The van der Waals surface area contributed by atoms with Gasteiger partial charge in [0, 0.05) is 13.1 Å². The van der Waals surface area contributed by atoms with Crippen LogP contribution in [0, 0.1) is 18.8 Å². The molecule has 1 aliphatic rings. The number of rotatable bonds is 2. The lowest BCUT2D eigenvalue weighted by molar-refractivity contribution is 0.0884. The highest BCUT2D eigenvalue weighted by Gasteiger charge is 2.29. The number of hydrogen-bond donors (Lipinski definition) is 1. The molecule has 0 radical (unpaired) electrons. The van der Waals surface area contributed by atoms with Crippen LogP contribution in [-0.4, -0.2) is 21.7 Å². The fraction of sp³-hybridized carbons (Fsp3) is 0.714. The van der Waals surface area contributed by atoms with Crippen molar-refractivity contribution < 1.29 is 4.79 Å². The van der Waals surface area contributed by atoms with E-state index in [9.17, 15) is 4.79 Å². The topological polar surface area (TPSA) is 46.9 Å². The van der Waals surface area contributed by atoms with E-state index in [4.69, 9.17) is 0 Å². The molecule has 1 amide bonds. The molecule has 2 rings (SSSR count). The van der Waals surface area contributed by atoms with Crippen LogP contribution in [0.25, 0.3) is 0 Å². The first-order chi connectivity index (χ1) is 8.91. The second-order valence-electron chi connectivity index (χ2n) is 5.72. The first-order valence-electron chi connectivity index (χ1n) is 6.91. The first-order valence-corrected chi connectivity index (χ1v) is 7.71. The summed E-state index contributed by atoms with van der Waals surface area (Å²) in [6.45, 7) is 6.44. The Morgan fingerprint density at radius 1 is 1.42 bits per heavy atom. The number of nitrogens with zero attached hydrogens (tertiary/aromatic N) is 2. The molecule has 1 heterocycles. The summed E-state index contributed by atoms with van der Waals surface area (Å²) in [5.74, 6) is 1.13. The molecule has 1 fully saturated rings. The van der Waals surface area contributed by atoms with Crippen LogP contribution in [0.4, 0.5) is 0 Å². The van der Waals surface area contributed by atoms with Crippen molar-refractivity contribution in [1.82, 2.24) is 15.1 Å². The fourth-order valence-electron chi connectivity index (χ4n) is 2.75. The Morgan fingerprint density at radius 2 is 2.11 bits per heavy atom. The molecule has 0 aliphatic heterocycles. The minimum Gasteiger partial charge on any atom is -0.348 e. The highest BCUT2D eigenvalue weighted by atomic mass is 79.9. The van der Waals surface area contributed by atoms with Crippen molar-refractivity contribution in [2.24, 2.45) is 18.9 Å². The Bertz CT molecular complexity index is 483. The van der Waals surface area contributed by atoms with Crippen LogP contribution in [0.2, 0.25) is 0 Å². The summed E-state index contributed by atoms with van der Waals surface area (Å²) < 4.78 is 2.52. The summed E-state index contributed by atoms with van der Waals surface area (Å²) in [7, 11) is 1.85. The summed E-state index contributed by atoms with van der Waals surface area (Å²) in [6.07, 6.45) is 3.53. The van der Waals surface area contributed by atoms with Crippen LogP contribution in [0.5, 0.6) is 0 Å². The average molecular weight is 328 g/mol. The smallest absolute Gasteiger partial charge is 0.273 e. The monoisotopic (exact) mass is 327 g/mol. The number of aryl methyl sites for hydroxylation is 1. The summed E-state index contributed by atoms with van der Waals surface area (Å²) >= 11 is 3.45. The van der Waals surface area contributed by atoms with Gasteiger partial charge in [0.05, 0.1) is 10.2 Å². The van der Waals surface area contributed by atoms with E-state index in [1.165, 1.54) is 12.8 Å². The van der Waals surface area contributed by atoms with Gasteiger partial charge in [-0.05, 0) is 41.1 Å². The van der Waals surface area contributed by atoms with Gasteiger partial charge in [-0.3, -0.25) is 9.48 Å². The highest BCUT2D eigenvalue weighted by molar-refractivity contribution is 9.10. The van der Waals surface area contributed by atoms with Gasteiger partial charge in [0.2, 0.25) is 0 Å². The summed E-state index contributed by atoms with van der Waals surface area (Å²) in [5, 5.41) is 7.43. The maximum absolute atomic E-state index is 12.3. The maximum Gasteiger partial charge on any atom is 0.273 e. The number of halogens is 1. The van der Waals surface area contributed by atoms with Gasteiger partial charge in [-0.15, -0.1) is 0 Å². The molecule has 0 bridgehead atoms. The van der Waals surface area contributed by atoms with E-state index < -0.39 is 0 Å². The molecule has 3 atom stereocenters. The molecule has 0 spiro atoms. The Morgan fingerprint density at radius 3 is 2.68 bits per heavy atom. The van der Waals surface area contributed by atoms with Crippen LogP contribution in [0.15, 0.2) is 4.47 Å². The zero-order valence-corrected chi connectivity index (χ0v) is 13.6. The van der Waals surface area contributed by atoms with E-state index in [0.29, 0.717) is 17.5 Å². The quantitative estimate of drug-likeness (QED) is 0.907. The zero-order chi connectivity index (χ0) is 14.2. The van der Waals surface area contributed by atoms with Gasteiger partial charge in [0.1, 0.15) is 0 Å². The summed E-state index contributed by atoms with van der Waals surface area (Å²) in [6, 6.07) is 0.269. The SMILES string of the molecule is Cc1c(Br)c(C(=O)N[C@H]2CCC[C@H](C)[C@@H]2C)nn1C. The van der Waals surface area contributed by atoms with Gasteiger partial charge in [-0.25, -0.2) is 0 Å². The van der Waals surface area contributed by atoms with Crippen LogP contribution in [0.1, 0.15) is 49.3 Å². The number of hydrogen-bond acceptors (Lipinski definition) is 2. The average Bonchev–Trinajstić information content (AvgIpc) is 2.63. The third kappa shape index (κ3) is 2.86. The molecule has 1 aromatic heterocycles. The summed E-state index contributed by atoms with van der Waals surface area (Å²) in [5.41, 5.74) is 1.46. The zero-order valence-electron chi connectivity index (χ0n) is 12.0. The number of aromatic nitrogens is 2. The molecule has 1 N–H and O–H groups in total. The van der Waals surface area contributed by atoms with Crippen molar-refractivity contribution >= 4 is 21.8 Å². The second-order valence-corrected chi connectivity index (χ2v) is 6.51. The van der Waals surface area contributed by atoms with Gasteiger partial charge in [-0.2, -0.15) is 5.10 Å². The molecule has 19 heavy (non-hydrogen) atoms. The molecule has 0 unspecified atom stereocenters. The lowest BCUT2D eigenvalue weighted by Gasteiger charge is -2.34. The predicted octanol–water partition coefficient (Wildman–Crippen LogP) is 3.05. The molecule has 1 saturated carbocycles. The fourth-order valence-corrected chi connectivity index (χ4v) is 3.27. The van der Waals surface area contributed by atoms with Crippen molar-refractivity contribution in [2.75, 3.05) is 0 Å². The van der Waals surface area contributed by atoms with Gasteiger partial charge in [0.15, 0.2) is 5.69 Å². The minimum absolute atomic E-state index is 0.0680. The Kier molecular flexibility index (Phi) is 4.33. The molecule has 1 aromatic rings. The lowest BCUT2D eigenvalue weighted by Crippen LogP contribution is -2.43. The molecule has 0 aromatic carbocycles. The van der Waals surface area contributed by atoms with Crippen LogP contribution in [0.3, 0.4) is 0 Å². The van der Waals surface area contributed by atoms with E-state index in [1.54, 1.807) is 4.68 Å². The van der Waals surface area contributed by atoms with Crippen molar-refractivity contribution in [2.45, 2.75) is 46.1 Å². The molecule has 0 saturated heterocycles. The molecule has 5 heteroatoms. The minimum atomic E-state index is -0.0680.